The van der Waals surface area contributed by atoms with E-state index in [1.165, 1.54) is 0 Å². The molecular weight excluding hydrogens is 229 g/mol. The number of anilines is 1. The van der Waals surface area contributed by atoms with Crippen molar-refractivity contribution < 1.29 is 4.39 Å². The zero-order valence-electron chi connectivity index (χ0n) is 10.7. The van der Waals surface area contributed by atoms with Gasteiger partial charge in [0.2, 0.25) is 0 Å². The van der Waals surface area contributed by atoms with Gasteiger partial charge < -0.3 is 4.90 Å². The largest absolute Gasteiger partial charge is 0.374 e. The van der Waals surface area contributed by atoms with E-state index in [4.69, 9.17) is 0 Å². The SMILES string of the molecule is CN1CCCc2c1ccc(-c1cnn(C)c1)c2F. The van der Waals surface area contributed by atoms with Crippen LogP contribution in [0.3, 0.4) is 0 Å². The Balaban J connectivity index is 2.13. The van der Waals surface area contributed by atoms with E-state index < -0.39 is 0 Å². The number of halogens is 1. The highest BCUT2D eigenvalue weighted by Gasteiger charge is 2.20. The third-order valence-corrected chi connectivity index (χ3v) is 3.57. The van der Waals surface area contributed by atoms with Crippen LogP contribution in [0.2, 0.25) is 0 Å². The summed E-state index contributed by atoms with van der Waals surface area (Å²) < 4.78 is 16.3. The minimum Gasteiger partial charge on any atom is -0.374 e. The zero-order chi connectivity index (χ0) is 12.7. The van der Waals surface area contributed by atoms with Gasteiger partial charge in [0, 0.05) is 49.2 Å². The van der Waals surface area contributed by atoms with Crippen molar-refractivity contribution in [1.82, 2.24) is 9.78 Å². The van der Waals surface area contributed by atoms with Gasteiger partial charge in [0.25, 0.3) is 0 Å². The van der Waals surface area contributed by atoms with Gasteiger partial charge in [0.1, 0.15) is 5.82 Å². The molecule has 0 bridgehead atoms. The van der Waals surface area contributed by atoms with Gasteiger partial charge in [-0.25, -0.2) is 4.39 Å². The quantitative estimate of drug-likeness (QED) is 0.770. The molecular formula is C14H16FN3. The molecule has 0 fully saturated rings. The van der Waals surface area contributed by atoms with Crippen molar-refractivity contribution >= 4 is 5.69 Å². The molecule has 0 saturated carbocycles. The highest BCUT2D eigenvalue weighted by atomic mass is 19.1. The molecule has 0 saturated heterocycles. The van der Waals surface area contributed by atoms with E-state index in [0.29, 0.717) is 5.56 Å². The predicted octanol–water partition coefficient (Wildman–Crippen LogP) is 2.61. The Morgan fingerprint density at radius 3 is 2.83 bits per heavy atom. The summed E-state index contributed by atoms with van der Waals surface area (Å²) in [7, 11) is 3.86. The topological polar surface area (TPSA) is 21.1 Å². The summed E-state index contributed by atoms with van der Waals surface area (Å²) in [4.78, 5) is 2.12. The second-order valence-electron chi connectivity index (χ2n) is 4.85. The summed E-state index contributed by atoms with van der Waals surface area (Å²) in [5, 5.41) is 4.10. The van der Waals surface area contributed by atoms with Crippen molar-refractivity contribution in [3.63, 3.8) is 0 Å². The van der Waals surface area contributed by atoms with Crippen LogP contribution in [0.4, 0.5) is 10.1 Å². The second kappa shape index (κ2) is 4.12. The lowest BCUT2D eigenvalue weighted by Gasteiger charge is -2.28. The third-order valence-electron chi connectivity index (χ3n) is 3.57. The fraction of sp³-hybridized carbons (Fsp3) is 0.357. The fourth-order valence-electron chi connectivity index (χ4n) is 2.60. The molecule has 94 valence electrons. The van der Waals surface area contributed by atoms with E-state index in [1.54, 1.807) is 10.9 Å². The molecule has 0 spiro atoms. The van der Waals surface area contributed by atoms with E-state index in [-0.39, 0.29) is 5.82 Å². The molecule has 1 aromatic heterocycles. The van der Waals surface area contributed by atoms with Gasteiger partial charge in [0.05, 0.1) is 6.20 Å². The van der Waals surface area contributed by atoms with Crippen LogP contribution >= 0.6 is 0 Å². The minimum atomic E-state index is -0.0907. The first-order valence-electron chi connectivity index (χ1n) is 6.18. The third kappa shape index (κ3) is 1.68. The average Bonchev–Trinajstić information content (AvgIpc) is 2.77. The summed E-state index contributed by atoms with van der Waals surface area (Å²) in [5.41, 5.74) is 3.35. The predicted molar refractivity (Wildman–Crippen MR) is 70.2 cm³/mol. The molecule has 0 aliphatic carbocycles. The molecule has 0 amide bonds. The molecule has 2 aromatic rings. The lowest BCUT2D eigenvalue weighted by atomic mass is 9.96. The second-order valence-corrected chi connectivity index (χ2v) is 4.85. The van der Waals surface area contributed by atoms with Crippen LogP contribution in [0.15, 0.2) is 24.5 Å². The zero-order valence-corrected chi connectivity index (χ0v) is 10.7. The Kier molecular flexibility index (Phi) is 2.58. The Bertz CT molecular complexity index is 589. The standard InChI is InChI=1S/C14H16FN3/c1-17-7-3-4-12-13(17)6-5-11(14(12)15)10-8-16-18(2)9-10/h5-6,8-9H,3-4,7H2,1-2H3. The van der Waals surface area contributed by atoms with Gasteiger partial charge in [-0.15, -0.1) is 0 Å². The first-order chi connectivity index (χ1) is 8.66. The van der Waals surface area contributed by atoms with E-state index in [9.17, 15) is 4.39 Å². The Hall–Kier alpha value is -1.84. The van der Waals surface area contributed by atoms with E-state index in [1.807, 2.05) is 32.4 Å². The Labute approximate surface area is 106 Å². The lowest BCUT2D eigenvalue weighted by molar-refractivity contribution is 0.597. The molecule has 0 atom stereocenters. The monoisotopic (exact) mass is 245 g/mol. The highest BCUT2D eigenvalue weighted by molar-refractivity contribution is 5.69. The summed E-state index contributed by atoms with van der Waals surface area (Å²) in [6.07, 6.45) is 5.38. The van der Waals surface area contributed by atoms with Crippen LogP contribution in [-0.4, -0.2) is 23.4 Å². The van der Waals surface area contributed by atoms with E-state index in [0.717, 1.165) is 36.2 Å². The number of benzene rings is 1. The number of fused-ring (bicyclic) bond motifs is 1. The van der Waals surface area contributed by atoms with Crippen molar-refractivity contribution in [2.75, 3.05) is 18.5 Å². The van der Waals surface area contributed by atoms with Crippen LogP contribution in [0.1, 0.15) is 12.0 Å². The number of aromatic nitrogens is 2. The molecule has 0 N–H and O–H groups in total. The minimum absolute atomic E-state index is 0.0907. The van der Waals surface area contributed by atoms with Crippen molar-refractivity contribution in [3.8, 4) is 11.1 Å². The van der Waals surface area contributed by atoms with Gasteiger partial charge in [-0.05, 0) is 25.0 Å². The summed E-state index contributed by atoms with van der Waals surface area (Å²) >= 11 is 0. The lowest BCUT2D eigenvalue weighted by Crippen LogP contribution is -2.25. The summed E-state index contributed by atoms with van der Waals surface area (Å²) in [6.45, 7) is 0.999. The van der Waals surface area contributed by atoms with Crippen LogP contribution in [-0.2, 0) is 13.5 Å². The van der Waals surface area contributed by atoms with Gasteiger partial charge >= 0.3 is 0 Å². The molecule has 3 rings (SSSR count). The maximum atomic E-state index is 14.6. The van der Waals surface area contributed by atoms with Crippen molar-refractivity contribution in [3.05, 3.63) is 35.9 Å². The van der Waals surface area contributed by atoms with E-state index >= 15 is 0 Å². The number of aryl methyl sites for hydroxylation is 1. The van der Waals surface area contributed by atoms with Gasteiger partial charge in [-0.1, -0.05) is 0 Å². The molecule has 1 aliphatic heterocycles. The Morgan fingerprint density at radius 1 is 1.28 bits per heavy atom. The van der Waals surface area contributed by atoms with Crippen LogP contribution in [0.25, 0.3) is 11.1 Å². The first-order valence-corrected chi connectivity index (χ1v) is 6.18. The van der Waals surface area contributed by atoms with Gasteiger partial charge in [-0.3, -0.25) is 4.68 Å². The fourth-order valence-corrected chi connectivity index (χ4v) is 2.60. The Morgan fingerprint density at radius 2 is 2.11 bits per heavy atom. The highest BCUT2D eigenvalue weighted by Crippen LogP contribution is 2.34. The maximum absolute atomic E-state index is 14.6. The first kappa shape index (κ1) is 11.3. The van der Waals surface area contributed by atoms with Crippen molar-refractivity contribution in [1.29, 1.82) is 0 Å². The molecule has 2 heterocycles. The molecule has 18 heavy (non-hydrogen) atoms. The number of hydrogen-bond donors (Lipinski definition) is 0. The number of hydrogen-bond acceptors (Lipinski definition) is 2. The van der Waals surface area contributed by atoms with Gasteiger partial charge in [0.15, 0.2) is 0 Å². The summed E-state index contributed by atoms with van der Waals surface area (Å²) in [5.74, 6) is -0.0907. The molecule has 1 aliphatic rings. The van der Waals surface area contributed by atoms with Gasteiger partial charge in [-0.2, -0.15) is 5.10 Å². The molecule has 1 aromatic carbocycles. The van der Waals surface area contributed by atoms with Crippen molar-refractivity contribution in [2.24, 2.45) is 7.05 Å². The summed E-state index contributed by atoms with van der Waals surface area (Å²) in [6, 6.07) is 3.87. The molecule has 4 heteroatoms. The van der Waals surface area contributed by atoms with Crippen molar-refractivity contribution in [2.45, 2.75) is 12.8 Å². The molecule has 0 radical (unpaired) electrons. The van der Waals surface area contributed by atoms with E-state index in [2.05, 4.69) is 10.00 Å². The smallest absolute Gasteiger partial charge is 0.136 e. The molecule has 0 unspecified atom stereocenters. The maximum Gasteiger partial charge on any atom is 0.136 e. The number of nitrogens with zero attached hydrogens (tertiary/aromatic N) is 3. The molecule has 3 nitrogen and oxygen atoms in total. The number of rotatable bonds is 1. The van der Waals surface area contributed by atoms with Crippen LogP contribution in [0.5, 0.6) is 0 Å². The average molecular weight is 245 g/mol. The van der Waals surface area contributed by atoms with Crippen LogP contribution < -0.4 is 4.90 Å². The normalized spacial score (nSPS) is 14.7. The van der Waals surface area contributed by atoms with Crippen LogP contribution in [0, 0.1) is 5.82 Å².